The number of hydrogen-bond acceptors (Lipinski definition) is 5. The van der Waals surface area contributed by atoms with Crippen molar-refractivity contribution in [3.05, 3.63) is 53.0 Å². The third kappa shape index (κ3) is 4.01. The van der Waals surface area contributed by atoms with E-state index in [-0.39, 0.29) is 6.09 Å². The fourth-order valence-electron chi connectivity index (χ4n) is 3.48. The number of rotatable bonds is 2. The van der Waals surface area contributed by atoms with E-state index >= 15 is 0 Å². The van der Waals surface area contributed by atoms with Crippen LogP contribution in [0.2, 0.25) is 0 Å². The predicted octanol–water partition coefficient (Wildman–Crippen LogP) is 4.52. The Kier molecular flexibility index (Phi) is 4.79. The number of benzene rings is 1. The minimum absolute atomic E-state index is 0.321. The van der Waals surface area contributed by atoms with E-state index in [1.807, 2.05) is 32.9 Å². The van der Waals surface area contributed by atoms with E-state index in [4.69, 9.17) is 9.47 Å². The number of ether oxygens (including phenoxy) is 2. The first kappa shape index (κ1) is 18.5. The van der Waals surface area contributed by atoms with Crippen LogP contribution in [0, 0.1) is 0 Å². The number of allylic oxidation sites excluding steroid dienone is 1. The van der Waals surface area contributed by atoms with Gasteiger partial charge in [0.05, 0.1) is 17.8 Å². The predicted molar refractivity (Wildman–Crippen MR) is 106 cm³/mol. The molecule has 2 aliphatic rings. The van der Waals surface area contributed by atoms with Gasteiger partial charge in [0.15, 0.2) is 0 Å². The molecule has 28 heavy (non-hydrogen) atoms. The molecule has 0 unspecified atom stereocenters. The Labute approximate surface area is 165 Å². The monoisotopic (exact) mass is 379 g/mol. The molecule has 6 heteroatoms. The fraction of sp³-hybridized carbons (Fsp3) is 0.409. The van der Waals surface area contributed by atoms with Crippen molar-refractivity contribution < 1.29 is 14.3 Å². The van der Waals surface area contributed by atoms with Crippen molar-refractivity contribution in [3.63, 3.8) is 0 Å². The van der Waals surface area contributed by atoms with Gasteiger partial charge >= 0.3 is 6.09 Å². The molecule has 4 rings (SSSR count). The summed E-state index contributed by atoms with van der Waals surface area (Å²) in [5.41, 5.74) is 3.72. The highest BCUT2D eigenvalue weighted by Gasteiger charge is 2.27. The van der Waals surface area contributed by atoms with Crippen LogP contribution in [0.1, 0.15) is 49.6 Å². The van der Waals surface area contributed by atoms with Gasteiger partial charge in [0.1, 0.15) is 17.7 Å². The fourth-order valence-corrected chi connectivity index (χ4v) is 3.48. The maximum Gasteiger partial charge on any atom is 0.410 e. The van der Waals surface area contributed by atoms with Crippen LogP contribution < -0.4 is 4.74 Å². The first-order valence-electron chi connectivity index (χ1n) is 9.67. The maximum absolute atomic E-state index is 12.6. The number of fused-ring (bicyclic) bond motifs is 2. The van der Waals surface area contributed by atoms with Gasteiger partial charge < -0.3 is 14.4 Å². The second-order valence-corrected chi connectivity index (χ2v) is 8.18. The minimum atomic E-state index is -0.531. The molecule has 0 radical (unpaired) electrons. The summed E-state index contributed by atoms with van der Waals surface area (Å²) in [6.07, 6.45) is 8.02. The van der Waals surface area contributed by atoms with Gasteiger partial charge in [-0.2, -0.15) is 0 Å². The standard InChI is InChI=1S/C22H25N3O3/c1-22(2,3)28-21(26)25-11-5-8-19-18(13-25)20(24-14-23-19)27-17-10-9-15-6-4-7-16(15)12-17/h4,7,9-10,12,14H,5-6,8,11,13H2,1-3H3. The van der Waals surface area contributed by atoms with E-state index in [0.717, 1.165) is 36.3 Å². The molecule has 0 saturated carbocycles. The van der Waals surface area contributed by atoms with Crippen molar-refractivity contribution in [1.82, 2.24) is 14.9 Å². The van der Waals surface area contributed by atoms with E-state index < -0.39 is 5.60 Å². The van der Waals surface area contributed by atoms with Gasteiger partial charge in [0.25, 0.3) is 0 Å². The Bertz CT molecular complexity index is 931. The van der Waals surface area contributed by atoms with Crippen molar-refractivity contribution in [2.24, 2.45) is 0 Å². The van der Waals surface area contributed by atoms with Gasteiger partial charge in [0.2, 0.25) is 5.88 Å². The molecule has 0 saturated heterocycles. The van der Waals surface area contributed by atoms with E-state index in [1.165, 1.54) is 17.5 Å². The zero-order chi connectivity index (χ0) is 19.7. The van der Waals surface area contributed by atoms with Crippen molar-refractivity contribution in [3.8, 4) is 11.6 Å². The maximum atomic E-state index is 12.6. The summed E-state index contributed by atoms with van der Waals surface area (Å²) in [7, 11) is 0. The second kappa shape index (κ2) is 7.26. The highest BCUT2D eigenvalue weighted by Crippen LogP contribution is 2.31. The summed E-state index contributed by atoms with van der Waals surface area (Å²) < 4.78 is 11.7. The average molecular weight is 379 g/mol. The molecule has 1 amide bonds. The summed E-state index contributed by atoms with van der Waals surface area (Å²) in [5.74, 6) is 1.24. The van der Waals surface area contributed by atoms with Crippen LogP contribution in [-0.2, 0) is 24.1 Å². The molecule has 146 valence electrons. The Morgan fingerprint density at radius 3 is 2.89 bits per heavy atom. The molecule has 0 fully saturated rings. The first-order chi connectivity index (χ1) is 13.4. The number of carbonyl (C=O) groups is 1. The molecule has 0 bridgehead atoms. The molecular weight excluding hydrogens is 354 g/mol. The highest BCUT2D eigenvalue weighted by atomic mass is 16.6. The molecule has 1 aromatic heterocycles. The van der Waals surface area contributed by atoms with Crippen LogP contribution in [0.25, 0.3) is 6.08 Å². The average Bonchev–Trinajstić information content (AvgIpc) is 2.97. The zero-order valence-electron chi connectivity index (χ0n) is 16.6. The van der Waals surface area contributed by atoms with Crippen LogP contribution in [-0.4, -0.2) is 33.1 Å². The van der Waals surface area contributed by atoms with E-state index in [9.17, 15) is 4.79 Å². The lowest BCUT2D eigenvalue weighted by molar-refractivity contribution is 0.0236. The van der Waals surface area contributed by atoms with Crippen LogP contribution in [0.3, 0.4) is 0 Å². The van der Waals surface area contributed by atoms with Gasteiger partial charge in [-0.3, -0.25) is 0 Å². The lowest BCUT2D eigenvalue weighted by Gasteiger charge is -2.26. The van der Waals surface area contributed by atoms with Crippen LogP contribution in [0.5, 0.6) is 11.6 Å². The lowest BCUT2D eigenvalue weighted by Crippen LogP contribution is -2.36. The van der Waals surface area contributed by atoms with Gasteiger partial charge in [-0.15, -0.1) is 0 Å². The summed E-state index contributed by atoms with van der Waals surface area (Å²) in [5, 5.41) is 0. The number of aryl methyl sites for hydroxylation is 1. The largest absolute Gasteiger partial charge is 0.444 e. The quantitative estimate of drug-likeness (QED) is 0.767. The van der Waals surface area contributed by atoms with Gasteiger partial charge in [-0.05, 0) is 63.3 Å². The Balaban J connectivity index is 1.59. The van der Waals surface area contributed by atoms with Crippen molar-refractivity contribution in [1.29, 1.82) is 0 Å². The third-order valence-corrected chi connectivity index (χ3v) is 4.80. The number of carbonyl (C=O) groups excluding carboxylic acids is 1. The molecule has 0 spiro atoms. The molecule has 1 aliphatic heterocycles. The Morgan fingerprint density at radius 2 is 2.07 bits per heavy atom. The van der Waals surface area contributed by atoms with Gasteiger partial charge in [-0.1, -0.05) is 18.2 Å². The number of nitrogens with zero attached hydrogens (tertiary/aromatic N) is 3. The van der Waals surface area contributed by atoms with Crippen molar-refractivity contribution in [2.75, 3.05) is 6.54 Å². The number of amides is 1. The Hall–Kier alpha value is -2.89. The molecule has 1 aliphatic carbocycles. The normalized spacial score (nSPS) is 15.6. The van der Waals surface area contributed by atoms with Crippen molar-refractivity contribution in [2.45, 2.75) is 52.2 Å². The highest BCUT2D eigenvalue weighted by molar-refractivity contribution is 5.68. The zero-order valence-corrected chi connectivity index (χ0v) is 16.6. The van der Waals surface area contributed by atoms with E-state index in [0.29, 0.717) is 19.0 Å². The minimum Gasteiger partial charge on any atom is -0.444 e. The van der Waals surface area contributed by atoms with Gasteiger partial charge in [0, 0.05) is 6.54 Å². The topological polar surface area (TPSA) is 64.5 Å². The molecular formula is C22H25N3O3. The second-order valence-electron chi connectivity index (χ2n) is 8.18. The summed E-state index contributed by atoms with van der Waals surface area (Å²) in [6, 6.07) is 6.07. The van der Waals surface area contributed by atoms with Crippen LogP contribution in [0.4, 0.5) is 4.79 Å². The summed E-state index contributed by atoms with van der Waals surface area (Å²) in [4.78, 5) is 23.1. The van der Waals surface area contributed by atoms with Crippen LogP contribution >= 0.6 is 0 Å². The van der Waals surface area contributed by atoms with Crippen LogP contribution in [0.15, 0.2) is 30.6 Å². The van der Waals surface area contributed by atoms with Gasteiger partial charge in [-0.25, -0.2) is 14.8 Å². The molecule has 6 nitrogen and oxygen atoms in total. The molecule has 0 N–H and O–H groups in total. The van der Waals surface area contributed by atoms with E-state index in [2.05, 4.69) is 28.2 Å². The molecule has 2 heterocycles. The summed E-state index contributed by atoms with van der Waals surface area (Å²) >= 11 is 0. The smallest absolute Gasteiger partial charge is 0.410 e. The molecule has 0 atom stereocenters. The van der Waals surface area contributed by atoms with Crippen molar-refractivity contribution >= 4 is 12.2 Å². The molecule has 1 aromatic carbocycles. The lowest BCUT2D eigenvalue weighted by atomic mass is 10.1. The van der Waals surface area contributed by atoms with E-state index in [1.54, 1.807) is 4.90 Å². The first-order valence-corrected chi connectivity index (χ1v) is 9.67. The summed E-state index contributed by atoms with van der Waals surface area (Å²) in [6.45, 7) is 6.61. The number of hydrogen-bond donors (Lipinski definition) is 0. The SMILES string of the molecule is CC(C)(C)OC(=O)N1CCCc2ncnc(Oc3ccc4c(c3)C=CC4)c2C1. The Morgan fingerprint density at radius 1 is 1.21 bits per heavy atom. The third-order valence-electron chi connectivity index (χ3n) is 4.80. The molecule has 2 aromatic rings. The number of aromatic nitrogens is 2.